The maximum Gasteiger partial charge on any atom is 0.248 e. The quantitative estimate of drug-likeness (QED) is 0.632. The van der Waals surface area contributed by atoms with Gasteiger partial charge in [0.2, 0.25) is 15.9 Å². The van der Waals surface area contributed by atoms with Crippen LogP contribution in [0.15, 0.2) is 42.5 Å². The highest BCUT2D eigenvalue weighted by atomic mass is 35.5. The molecular weight excluding hydrogens is 419 g/mol. The molecule has 1 unspecified atom stereocenters. The van der Waals surface area contributed by atoms with Gasteiger partial charge in [-0.05, 0) is 42.2 Å². The van der Waals surface area contributed by atoms with Gasteiger partial charge in [0.1, 0.15) is 6.04 Å². The van der Waals surface area contributed by atoms with E-state index in [1.165, 1.54) is 12.1 Å². The molecule has 8 heteroatoms. The molecule has 0 radical (unpaired) electrons. The summed E-state index contributed by atoms with van der Waals surface area (Å²) in [6.45, 7) is 5.79. The van der Waals surface area contributed by atoms with Gasteiger partial charge in [0.05, 0.1) is 17.0 Å². The minimum absolute atomic E-state index is 0.177. The number of para-hydroxylation sites is 1. The average Bonchev–Trinajstić information content (AvgIpc) is 2.61. The molecule has 0 heterocycles. The second kappa shape index (κ2) is 9.16. The number of nitrogens with zero attached hydrogens (tertiary/aromatic N) is 1. The summed E-state index contributed by atoms with van der Waals surface area (Å²) in [5.74, 6) is -0.234. The maximum atomic E-state index is 13.1. The van der Waals surface area contributed by atoms with Crippen LogP contribution < -0.4 is 9.62 Å². The zero-order valence-electron chi connectivity index (χ0n) is 16.2. The second-order valence-electron chi connectivity index (χ2n) is 6.81. The molecule has 0 aliphatic rings. The summed E-state index contributed by atoms with van der Waals surface area (Å²) in [4.78, 5) is 13.1. The number of nitrogens with one attached hydrogen (secondary N) is 1. The fraction of sp³-hybridized carbons (Fsp3) is 0.350. The molecule has 152 valence electrons. The van der Waals surface area contributed by atoms with Gasteiger partial charge in [0.15, 0.2) is 0 Å². The first-order valence-corrected chi connectivity index (χ1v) is 11.5. The molecule has 0 aromatic heterocycles. The highest BCUT2D eigenvalue weighted by molar-refractivity contribution is 7.92. The summed E-state index contributed by atoms with van der Waals surface area (Å²) in [5, 5.41) is 3.40. The van der Waals surface area contributed by atoms with E-state index >= 15 is 0 Å². The van der Waals surface area contributed by atoms with Crippen molar-refractivity contribution in [3.8, 4) is 0 Å². The van der Waals surface area contributed by atoms with Crippen molar-refractivity contribution in [2.45, 2.75) is 39.2 Å². The van der Waals surface area contributed by atoms with Crippen molar-refractivity contribution >= 4 is 50.5 Å². The van der Waals surface area contributed by atoms with Crippen LogP contribution in [-0.2, 0) is 14.8 Å². The van der Waals surface area contributed by atoms with E-state index in [-0.39, 0.29) is 23.0 Å². The molecule has 5 nitrogen and oxygen atoms in total. The molecule has 0 aliphatic heterocycles. The first-order chi connectivity index (χ1) is 13.1. The minimum atomic E-state index is -3.80. The molecule has 0 aliphatic carbocycles. The van der Waals surface area contributed by atoms with E-state index in [9.17, 15) is 13.2 Å². The third-order valence-electron chi connectivity index (χ3n) is 4.32. The number of sulfonamides is 1. The van der Waals surface area contributed by atoms with Crippen LogP contribution >= 0.6 is 23.2 Å². The maximum absolute atomic E-state index is 13.1. The van der Waals surface area contributed by atoms with Crippen LogP contribution in [0.1, 0.15) is 38.7 Å². The van der Waals surface area contributed by atoms with E-state index in [4.69, 9.17) is 23.2 Å². The van der Waals surface area contributed by atoms with Crippen LogP contribution in [0.4, 0.5) is 11.4 Å². The monoisotopic (exact) mass is 442 g/mol. The van der Waals surface area contributed by atoms with E-state index in [2.05, 4.69) is 5.32 Å². The second-order valence-corrected chi connectivity index (χ2v) is 9.51. The van der Waals surface area contributed by atoms with Gasteiger partial charge in [-0.1, -0.05) is 62.2 Å². The van der Waals surface area contributed by atoms with Crippen molar-refractivity contribution in [2.75, 3.05) is 15.9 Å². The molecule has 28 heavy (non-hydrogen) atoms. The summed E-state index contributed by atoms with van der Waals surface area (Å²) >= 11 is 12.3. The van der Waals surface area contributed by atoms with Gasteiger partial charge in [-0.15, -0.1) is 0 Å². The molecule has 1 N–H and O–H groups in total. The summed E-state index contributed by atoms with van der Waals surface area (Å²) in [7, 11) is -3.80. The van der Waals surface area contributed by atoms with Gasteiger partial charge < -0.3 is 5.32 Å². The van der Waals surface area contributed by atoms with Gasteiger partial charge in [0.25, 0.3) is 0 Å². The summed E-state index contributed by atoms with van der Waals surface area (Å²) in [6.07, 6.45) is 1.30. The van der Waals surface area contributed by atoms with Crippen molar-refractivity contribution < 1.29 is 13.2 Å². The third kappa shape index (κ3) is 5.19. The van der Waals surface area contributed by atoms with E-state index in [1.807, 2.05) is 32.0 Å². The van der Waals surface area contributed by atoms with E-state index in [0.717, 1.165) is 16.1 Å². The molecule has 0 saturated carbocycles. The lowest BCUT2D eigenvalue weighted by atomic mass is 10.0. The lowest BCUT2D eigenvalue weighted by molar-refractivity contribution is -0.117. The van der Waals surface area contributed by atoms with Gasteiger partial charge in [-0.3, -0.25) is 9.10 Å². The van der Waals surface area contributed by atoms with Crippen molar-refractivity contribution in [3.63, 3.8) is 0 Å². The molecule has 0 spiro atoms. The van der Waals surface area contributed by atoms with Crippen molar-refractivity contribution in [3.05, 3.63) is 58.1 Å². The van der Waals surface area contributed by atoms with Crippen LogP contribution in [0.5, 0.6) is 0 Å². The molecule has 2 aromatic carbocycles. The SMILES string of the molecule is CCC(C(=O)Nc1ccccc1C(C)C)N(c1cc(Cl)ccc1Cl)S(C)(=O)=O. The lowest BCUT2D eigenvalue weighted by Crippen LogP contribution is -2.47. The standard InChI is InChI=1S/C20H24Cl2N2O3S/c1-5-18(20(25)23-17-9-7-6-8-15(17)13(2)3)24(28(4,26)27)19-12-14(21)10-11-16(19)22/h6-13,18H,5H2,1-4H3,(H,23,25). The van der Waals surface area contributed by atoms with E-state index < -0.39 is 22.0 Å². The number of halogens is 2. The molecule has 0 bridgehead atoms. The van der Waals surface area contributed by atoms with Crippen LogP contribution in [0.25, 0.3) is 0 Å². The average molecular weight is 443 g/mol. The van der Waals surface area contributed by atoms with Crippen LogP contribution in [-0.4, -0.2) is 26.6 Å². The number of carbonyl (C=O) groups is 1. The molecular formula is C20H24Cl2N2O3S. The summed E-state index contributed by atoms with van der Waals surface area (Å²) in [5.41, 5.74) is 1.81. The Morgan fingerprint density at radius 1 is 1.14 bits per heavy atom. The van der Waals surface area contributed by atoms with Crippen LogP contribution in [0.3, 0.4) is 0 Å². The number of rotatable bonds is 7. The minimum Gasteiger partial charge on any atom is -0.324 e. The molecule has 0 fully saturated rings. The Kier molecular flexibility index (Phi) is 7.37. The number of benzene rings is 2. The zero-order chi connectivity index (χ0) is 21.1. The Balaban J connectivity index is 2.47. The molecule has 2 rings (SSSR count). The Hall–Kier alpha value is -1.76. The predicted molar refractivity (Wildman–Crippen MR) is 117 cm³/mol. The predicted octanol–water partition coefficient (Wildman–Crippen LogP) is 5.30. The van der Waals surface area contributed by atoms with Crippen LogP contribution in [0.2, 0.25) is 10.0 Å². The molecule has 1 amide bonds. The van der Waals surface area contributed by atoms with Gasteiger partial charge >= 0.3 is 0 Å². The number of carbonyl (C=O) groups excluding carboxylic acids is 1. The summed E-state index contributed by atoms with van der Waals surface area (Å²) < 4.78 is 26.2. The zero-order valence-corrected chi connectivity index (χ0v) is 18.6. The van der Waals surface area contributed by atoms with Crippen LogP contribution in [0, 0.1) is 0 Å². The number of hydrogen-bond acceptors (Lipinski definition) is 3. The first kappa shape index (κ1) is 22.5. The molecule has 0 saturated heterocycles. The smallest absolute Gasteiger partial charge is 0.248 e. The normalized spacial score (nSPS) is 12.7. The van der Waals surface area contributed by atoms with Crippen molar-refractivity contribution in [1.29, 1.82) is 0 Å². The fourth-order valence-corrected chi connectivity index (χ4v) is 4.66. The van der Waals surface area contributed by atoms with Gasteiger partial charge in [0, 0.05) is 10.7 Å². The number of hydrogen-bond donors (Lipinski definition) is 1. The number of amides is 1. The molecule has 2 aromatic rings. The van der Waals surface area contributed by atoms with E-state index in [1.54, 1.807) is 19.1 Å². The highest BCUT2D eigenvalue weighted by Crippen LogP contribution is 2.33. The Morgan fingerprint density at radius 3 is 2.36 bits per heavy atom. The summed E-state index contributed by atoms with van der Waals surface area (Å²) in [6, 6.07) is 11.0. The third-order valence-corrected chi connectivity index (χ3v) is 6.04. The topological polar surface area (TPSA) is 66.5 Å². The Bertz CT molecular complexity index is 962. The van der Waals surface area contributed by atoms with Gasteiger partial charge in [-0.2, -0.15) is 0 Å². The largest absolute Gasteiger partial charge is 0.324 e. The van der Waals surface area contributed by atoms with Crippen molar-refractivity contribution in [1.82, 2.24) is 0 Å². The van der Waals surface area contributed by atoms with Crippen molar-refractivity contribution in [2.24, 2.45) is 0 Å². The number of anilines is 2. The first-order valence-electron chi connectivity index (χ1n) is 8.90. The molecule has 1 atom stereocenters. The highest BCUT2D eigenvalue weighted by Gasteiger charge is 2.33. The fourth-order valence-electron chi connectivity index (χ4n) is 3.02. The Morgan fingerprint density at radius 2 is 1.79 bits per heavy atom. The lowest BCUT2D eigenvalue weighted by Gasteiger charge is -2.31. The van der Waals surface area contributed by atoms with E-state index in [0.29, 0.717) is 10.7 Å². The Labute approximate surface area is 176 Å². The van der Waals surface area contributed by atoms with Gasteiger partial charge in [-0.25, -0.2) is 8.42 Å².